The van der Waals surface area contributed by atoms with Crippen molar-refractivity contribution in [2.24, 2.45) is 0 Å². The third-order valence-electron chi connectivity index (χ3n) is 1.74. The zero-order valence-electron chi connectivity index (χ0n) is 10.2. The van der Waals surface area contributed by atoms with Crippen LogP contribution in [-0.2, 0) is 14.3 Å². The van der Waals surface area contributed by atoms with Crippen LogP contribution in [0, 0.1) is 0 Å². The highest BCUT2D eigenvalue weighted by Gasteiger charge is 1.98. The third kappa shape index (κ3) is 9.21. The lowest BCUT2D eigenvalue weighted by atomic mass is 10.4. The van der Waals surface area contributed by atoms with E-state index in [9.17, 15) is 9.59 Å². The molecule has 0 saturated carbocycles. The summed E-state index contributed by atoms with van der Waals surface area (Å²) >= 11 is 0. The fraction of sp³-hybridized carbons (Fsp3) is 0.636. The quantitative estimate of drug-likeness (QED) is 0.383. The Morgan fingerprint density at radius 1 is 1.31 bits per heavy atom. The Hall–Kier alpha value is -1.36. The Balaban J connectivity index is 3.62. The number of hydrogen-bond acceptors (Lipinski definition) is 4. The van der Waals surface area contributed by atoms with E-state index >= 15 is 0 Å². The smallest absolute Gasteiger partial charge is 0.330 e. The van der Waals surface area contributed by atoms with Crippen molar-refractivity contribution in [1.82, 2.24) is 10.2 Å². The van der Waals surface area contributed by atoms with Crippen LogP contribution in [0.1, 0.15) is 13.3 Å². The number of esters is 1. The van der Waals surface area contributed by atoms with E-state index in [1.54, 1.807) is 6.92 Å². The number of amides is 1. The Bertz CT molecular complexity index is 250. The topological polar surface area (TPSA) is 58.6 Å². The standard InChI is InChI=1S/C11H20N2O3/c1-4-16-11(15)7-6-10(14)12-8-5-9-13(2)3/h6-7H,4-5,8-9H2,1-3H3,(H,12,14)/b7-6+. The average Bonchev–Trinajstić information content (AvgIpc) is 2.22. The molecule has 0 aromatic carbocycles. The van der Waals surface area contributed by atoms with Gasteiger partial charge in [-0.1, -0.05) is 0 Å². The van der Waals surface area contributed by atoms with Crippen molar-refractivity contribution in [3.8, 4) is 0 Å². The summed E-state index contributed by atoms with van der Waals surface area (Å²) in [5.74, 6) is -0.766. The summed E-state index contributed by atoms with van der Waals surface area (Å²) in [6, 6.07) is 0. The second kappa shape index (κ2) is 8.91. The molecule has 1 amide bonds. The number of hydrogen-bond donors (Lipinski definition) is 1. The lowest BCUT2D eigenvalue weighted by Gasteiger charge is -2.08. The summed E-state index contributed by atoms with van der Waals surface area (Å²) in [6.07, 6.45) is 3.20. The van der Waals surface area contributed by atoms with E-state index in [1.165, 1.54) is 6.08 Å². The number of nitrogens with zero attached hydrogens (tertiary/aromatic N) is 1. The van der Waals surface area contributed by atoms with Gasteiger partial charge < -0.3 is 15.0 Å². The van der Waals surface area contributed by atoms with Crippen LogP contribution in [0.5, 0.6) is 0 Å². The maximum absolute atomic E-state index is 11.2. The summed E-state index contributed by atoms with van der Waals surface area (Å²) in [7, 11) is 3.95. The monoisotopic (exact) mass is 228 g/mol. The molecular weight excluding hydrogens is 208 g/mol. The first-order valence-corrected chi connectivity index (χ1v) is 5.33. The molecule has 0 spiro atoms. The Morgan fingerprint density at radius 2 is 2.00 bits per heavy atom. The van der Waals surface area contributed by atoms with Gasteiger partial charge in [0.15, 0.2) is 0 Å². The van der Waals surface area contributed by atoms with Crippen molar-refractivity contribution in [2.75, 3.05) is 33.8 Å². The van der Waals surface area contributed by atoms with Gasteiger partial charge >= 0.3 is 5.97 Å². The zero-order chi connectivity index (χ0) is 12.4. The fourth-order valence-corrected chi connectivity index (χ4v) is 1.000. The first-order valence-electron chi connectivity index (χ1n) is 5.33. The Morgan fingerprint density at radius 3 is 2.56 bits per heavy atom. The van der Waals surface area contributed by atoms with E-state index in [1.807, 2.05) is 19.0 Å². The molecule has 0 fully saturated rings. The summed E-state index contributed by atoms with van der Waals surface area (Å²) in [5, 5.41) is 2.68. The normalized spacial score (nSPS) is 10.8. The van der Waals surface area contributed by atoms with Gasteiger partial charge in [0.1, 0.15) is 0 Å². The van der Waals surface area contributed by atoms with Crippen molar-refractivity contribution >= 4 is 11.9 Å². The van der Waals surface area contributed by atoms with Gasteiger partial charge in [0.05, 0.1) is 6.61 Å². The van der Waals surface area contributed by atoms with Crippen LogP contribution in [-0.4, -0.2) is 50.6 Å². The number of carbonyl (C=O) groups is 2. The van der Waals surface area contributed by atoms with Gasteiger partial charge in [-0.2, -0.15) is 0 Å². The molecule has 0 unspecified atom stereocenters. The molecule has 1 N–H and O–H groups in total. The molecule has 0 saturated heterocycles. The molecule has 5 heteroatoms. The van der Waals surface area contributed by atoms with Gasteiger partial charge in [-0.05, 0) is 34.0 Å². The second-order valence-electron chi connectivity index (χ2n) is 3.53. The predicted octanol–water partition coefficient (Wildman–Crippen LogP) is 0.174. The largest absolute Gasteiger partial charge is 0.463 e. The van der Waals surface area contributed by atoms with Gasteiger partial charge in [0.2, 0.25) is 5.91 Å². The van der Waals surface area contributed by atoms with Crippen LogP contribution in [0.4, 0.5) is 0 Å². The van der Waals surface area contributed by atoms with Crippen molar-refractivity contribution in [3.63, 3.8) is 0 Å². The van der Waals surface area contributed by atoms with Crippen LogP contribution < -0.4 is 5.32 Å². The molecule has 0 bridgehead atoms. The molecule has 0 aliphatic carbocycles. The minimum atomic E-state index is -0.494. The Labute approximate surface area is 96.4 Å². The number of carbonyl (C=O) groups excluding carboxylic acids is 2. The summed E-state index contributed by atoms with van der Waals surface area (Å²) in [6.45, 7) is 3.55. The van der Waals surface area contributed by atoms with Crippen LogP contribution in [0.15, 0.2) is 12.2 Å². The number of ether oxygens (including phenoxy) is 1. The van der Waals surface area contributed by atoms with Gasteiger partial charge in [0, 0.05) is 18.7 Å². The highest BCUT2D eigenvalue weighted by molar-refractivity contribution is 5.94. The van der Waals surface area contributed by atoms with E-state index in [0.717, 1.165) is 19.0 Å². The van der Waals surface area contributed by atoms with Crippen molar-refractivity contribution < 1.29 is 14.3 Å². The van der Waals surface area contributed by atoms with Crippen LogP contribution >= 0.6 is 0 Å². The van der Waals surface area contributed by atoms with E-state index in [0.29, 0.717) is 13.2 Å². The third-order valence-corrected chi connectivity index (χ3v) is 1.74. The van der Waals surface area contributed by atoms with Gasteiger partial charge in [-0.25, -0.2) is 4.79 Å². The minimum absolute atomic E-state index is 0.271. The number of rotatable bonds is 7. The van der Waals surface area contributed by atoms with Gasteiger partial charge in [0.25, 0.3) is 0 Å². The molecule has 0 heterocycles. The maximum Gasteiger partial charge on any atom is 0.330 e. The lowest BCUT2D eigenvalue weighted by molar-refractivity contribution is -0.137. The van der Waals surface area contributed by atoms with E-state index in [-0.39, 0.29) is 5.91 Å². The first-order chi connectivity index (χ1) is 7.56. The molecule has 92 valence electrons. The molecule has 0 atom stereocenters. The van der Waals surface area contributed by atoms with Crippen molar-refractivity contribution in [1.29, 1.82) is 0 Å². The summed E-state index contributed by atoms with van der Waals surface area (Å²) in [5.41, 5.74) is 0. The van der Waals surface area contributed by atoms with Crippen LogP contribution in [0.25, 0.3) is 0 Å². The SMILES string of the molecule is CCOC(=O)/C=C/C(=O)NCCCN(C)C. The minimum Gasteiger partial charge on any atom is -0.463 e. The maximum atomic E-state index is 11.2. The van der Waals surface area contributed by atoms with Crippen molar-refractivity contribution in [2.45, 2.75) is 13.3 Å². The highest BCUT2D eigenvalue weighted by Crippen LogP contribution is 1.83. The van der Waals surface area contributed by atoms with E-state index in [2.05, 4.69) is 10.1 Å². The molecule has 0 aliphatic rings. The second-order valence-corrected chi connectivity index (χ2v) is 3.53. The molecule has 0 rings (SSSR count). The molecule has 16 heavy (non-hydrogen) atoms. The first kappa shape index (κ1) is 14.6. The molecule has 5 nitrogen and oxygen atoms in total. The number of nitrogens with one attached hydrogen (secondary N) is 1. The molecule has 0 radical (unpaired) electrons. The van der Waals surface area contributed by atoms with Crippen LogP contribution in [0.2, 0.25) is 0 Å². The van der Waals surface area contributed by atoms with E-state index < -0.39 is 5.97 Å². The van der Waals surface area contributed by atoms with Crippen LogP contribution in [0.3, 0.4) is 0 Å². The highest BCUT2D eigenvalue weighted by atomic mass is 16.5. The summed E-state index contributed by atoms with van der Waals surface area (Å²) in [4.78, 5) is 24.1. The Kier molecular flexibility index (Phi) is 8.15. The predicted molar refractivity (Wildman–Crippen MR) is 62.0 cm³/mol. The molecule has 0 aliphatic heterocycles. The average molecular weight is 228 g/mol. The van der Waals surface area contributed by atoms with Crippen molar-refractivity contribution in [3.05, 3.63) is 12.2 Å². The lowest BCUT2D eigenvalue weighted by Crippen LogP contribution is -2.25. The van der Waals surface area contributed by atoms with E-state index in [4.69, 9.17) is 0 Å². The molecular formula is C11H20N2O3. The van der Waals surface area contributed by atoms with Gasteiger partial charge in [-0.15, -0.1) is 0 Å². The molecule has 0 aromatic rings. The van der Waals surface area contributed by atoms with Gasteiger partial charge in [-0.3, -0.25) is 4.79 Å². The zero-order valence-corrected chi connectivity index (χ0v) is 10.2. The fourth-order valence-electron chi connectivity index (χ4n) is 1.000. The molecule has 0 aromatic heterocycles. The summed E-state index contributed by atoms with van der Waals surface area (Å²) < 4.78 is 4.64.